The van der Waals surface area contributed by atoms with Crippen molar-refractivity contribution in [3.8, 4) is 11.1 Å². The summed E-state index contributed by atoms with van der Waals surface area (Å²) in [5.74, 6) is 0. The van der Waals surface area contributed by atoms with Gasteiger partial charge in [-0.2, -0.15) is 28.8 Å². The summed E-state index contributed by atoms with van der Waals surface area (Å²) in [6.45, 7) is 22.9. The minimum atomic E-state index is 0. The molecule has 3 aliphatic carbocycles. The molecule has 0 spiro atoms. The summed E-state index contributed by atoms with van der Waals surface area (Å²) in [6, 6.07) is 38.1. The SMILES string of the molecule is CC1=C[CH-]C(C)(C)c2cc3c(cc21)-c1cc2c(cc1C3)C(C)(C)CC=C2C.CCc1cc(C(C)(C)C)c[cH-]1.[Cl-].[Cl-].[Zr+2]=[C](Cc1ccccc1)Cc1ccccc1. The fourth-order valence-electron chi connectivity index (χ4n) is 8.10. The van der Waals surface area contributed by atoms with Gasteiger partial charge >= 0.3 is 112 Å². The number of halogens is 2. The molecule has 0 N–H and O–H groups in total. The first kappa shape index (κ1) is 45.6. The molecule has 56 heavy (non-hydrogen) atoms. The Hall–Kier alpha value is -3.09. The van der Waals surface area contributed by atoms with Gasteiger partial charge in [0.15, 0.2) is 0 Å². The van der Waals surface area contributed by atoms with Crippen molar-refractivity contribution in [2.75, 3.05) is 0 Å². The van der Waals surface area contributed by atoms with E-state index in [4.69, 9.17) is 0 Å². The maximum atomic E-state index is 2.51. The second-order valence-electron chi connectivity index (χ2n) is 18.0. The first-order valence-electron chi connectivity index (χ1n) is 20.0. The predicted molar refractivity (Wildman–Crippen MR) is 232 cm³/mol. The Kier molecular flexibility index (Phi) is 15.2. The topological polar surface area (TPSA) is 0 Å². The molecule has 5 aromatic rings. The number of hydrogen-bond acceptors (Lipinski definition) is 0. The van der Waals surface area contributed by atoms with E-state index in [0.717, 1.165) is 32.1 Å². The molecule has 3 aliphatic rings. The molecule has 0 fully saturated rings. The molecule has 0 bridgehead atoms. The number of rotatable bonds is 5. The van der Waals surface area contributed by atoms with Crippen LogP contribution in [0, 0.1) is 6.42 Å². The van der Waals surface area contributed by atoms with Gasteiger partial charge in [0.2, 0.25) is 0 Å². The van der Waals surface area contributed by atoms with Crippen LogP contribution in [0.1, 0.15) is 131 Å². The van der Waals surface area contributed by atoms with Crippen molar-refractivity contribution in [1.82, 2.24) is 0 Å². The summed E-state index contributed by atoms with van der Waals surface area (Å²) in [4.78, 5) is 0. The molecule has 0 saturated carbocycles. The van der Waals surface area contributed by atoms with Crippen LogP contribution in [0.4, 0.5) is 0 Å². The molecule has 0 saturated heterocycles. The summed E-state index contributed by atoms with van der Waals surface area (Å²) < 4.78 is 1.60. The molecular weight excluding hydrogens is 799 g/mol. The van der Waals surface area contributed by atoms with E-state index in [1.54, 1.807) is 27.4 Å². The molecule has 0 heterocycles. The molecule has 8 rings (SSSR count). The minimum absolute atomic E-state index is 0. The Labute approximate surface area is 366 Å². The summed E-state index contributed by atoms with van der Waals surface area (Å²) in [7, 11) is 0. The van der Waals surface area contributed by atoms with Gasteiger partial charge in [-0.05, 0) is 70.2 Å². The standard InChI is InChI=1S/C27H29.C15H14.C11H17.2ClH.Zr/c1-16-7-9-26(3,4)24-12-18-11-19-13-25-21(17(2)8-10-27(25,5)6)15-23(19)22(18)14-20(16)24;1-3-8-14(9-4-1)12-7-13-15-10-5-2-6-11-15;1-5-9-6-7-10(8-9)11(2,3)4;;;/h7-9,12-15H,10-11H2,1-6H3;1-6,8-11H,12-13H2;6-8H,5H2,1-4H3;2*1H;/q-1;;-1;;;+2/p-2. The third-order valence-corrected chi connectivity index (χ3v) is 12.6. The second kappa shape index (κ2) is 18.7. The Morgan fingerprint density at radius 3 is 1.70 bits per heavy atom. The van der Waals surface area contributed by atoms with E-state index in [-0.39, 0.29) is 35.6 Å². The average Bonchev–Trinajstić information content (AvgIpc) is 3.77. The van der Waals surface area contributed by atoms with E-state index in [9.17, 15) is 0 Å². The van der Waals surface area contributed by atoms with Crippen LogP contribution < -0.4 is 24.8 Å². The Morgan fingerprint density at radius 1 is 0.696 bits per heavy atom. The van der Waals surface area contributed by atoms with Crippen molar-refractivity contribution in [2.24, 2.45) is 0 Å². The Balaban J connectivity index is 0.000000205. The van der Waals surface area contributed by atoms with Crippen LogP contribution in [0.5, 0.6) is 0 Å². The summed E-state index contributed by atoms with van der Waals surface area (Å²) in [5, 5.41) is 0. The van der Waals surface area contributed by atoms with Crippen molar-refractivity contribution in [3.05, 3.63) is 177 Å². The van der Waals surface area contributed by atoms with Crippen molar-refractivity contribution < 1.29 is 49.0 Å². The van der Waals surface area contributed by atoms with E-state index >= 15 is 0 Å². The molecule has 0 nitrogen and oxygen atoms in total. The molecule has 5 aromatic carbocycles. The van der Waals surface area contributed by atoms with Gasteiger partial charge in [0.1, 0.15) is 0 Å². The van der Waals surface area contributed by atoms with Crippen LogP contribution in [0.15, 0.2) is 115 Å². The van der Waals surface area contributed by atoms with Crippen molar-refractivity contribution in [1.29, 1.82) is 0 Å². The monoisotopic (exact) mass is 856 g/mol. The predicted octanol–water partition coefficient (Wildman–Crippen LogP) is 7.71. The zero-order chi connectivity index (χ0) is 38.8. The summed E-state index contributed by atoms with van der Waals surface area (Å²) >= 11 is 1.55. The van der Waals surface area contributed by atoms with E-state index < -0.39 is 0 Å². The second-order valence-corrected chi connectivity index (χ2v) is 19.8. The van der Waals surface area contributed by atoms with E-state index in [1.165, 1.54) is 77.9 Å². The Morgan fingerprint density at radius 2 is 1.21 bits per heavy atom. The molecule has 0 amide bonds. The van der Waals surface area contributed by atoms with Gasteiger partial charge in [-0.15, -0.1) is 12.5 Å². The van der Waals surface area contributed by atoms with E-state index in [0.29, 0.717) is 5.41 Å². The summed E-state index contributed by atoms with van der Waals surface area (Å²) in [5.41, 5.74) is 21.0. The number of aryl methyl sites for hydroxylation is 1. The van der Waals surface area contributed by atoms with Gasteiger partial charge in [-0.25, -0.2) is 18.6 Å². The molecule has 0 aromatic heterocycles. The zero-order valence-electron chi connectivity index (χ0n) is 35.3. The van der Waals surface area contributed by atoms with Gasteiger partial charge in [-0.1, -0.05) is 102 Å². The van der Waals surface area contributed by atoms with Crippen LogP contribution in [0.25, 0.3) is 22.3 Å². The number of fused-ring (bicyclic) bond motifs is 5. The molecule has 292 valence electrons. The van der Waals surface area contributed by atoms with E-state index in [1.807, 2.05) is 0 Å². The van der Waals surface area contributed by atoms with Crippen LogP contribution in [0.2, 0.25) is 0 Å². The van der Waals surface area contributed by atoms with Crippen LogP contribution in [0.3, 0.4) is 0 Å². The Bertz CT molecular complexity index is 2060. The van der Waals surface area contributed by atoms with Gasteiger partial charge in [0, 0.05) is 0 Å². The fraction of sp³-hybridized carbons (Fsp3) is 0.340. The van der Waals surface area contributed by atoms with Crippen molar-refractivity contribution >= 4 is 14.4 Å². The molecule has 0 radical (unpaired) electrons. The average molecular weight is 859 g/mol. The van der Waals surface area contributed by atoms with Gasteiger partial charge in [0.25, 0.3) is 0 Å². The third kappa shape index (κ3) is 10.5. The molecular formula is C53H60Cl2Zr-2. The van der Waals surface area contributed by atoms with Crippen LogP contribution in [-0.2, 0) is 66.2 Å². The molecule has 0 unspecified atom stereocenters. The van der Waals surface area contributed by atoms with Gasteiger partial charge in [-0.3, -0.25) is 0 Å². The number of hydrogen-bond donors (Lipinski definition) is 0. The number of benzene rings is 4. The fourth-order valence-corrected chi connectivity index (χ4v) is 9.10. The molecule has 0 atom stereocenters. The zero-order valence-corrected chi connectivity index (χ0v) is 39.3. The molecule has 3 heteroatoms. The number of allylic oxidation sites excluding steroid dienone is 4. The summed E-state index contributed by atoms with van der Waals surface area (Å²) in [6.07, 6.45) is 12.7. The van der Waals surface area contributed by atoms with Crippen LogP contribution >= 0.6 is 0 Å². The van der Waals surface area contributed by atoms with Crippen molar-refractivity contribution in [3.63, 3.8) is 0 Å². The van der Waals surface area contributed by atoms with Crippen molar-refractivity contribution in [2.45, 2.75) is 118 Å². The quantitative estimate of drug-likeness (QED) is 0.156. The first-order chi connectivity index (χ1) is 25.6. The maximum absolute atomic E-state index is 2.51. The first-order valence-corrected chi connectivity index (χ1v) is 21.2. The molecule has 0 aliphatic heterocycles. The normalized spacial score (nSPS) is 15.1. The van der Waals surface area contributed by atoms with Gasteiger partial charge < -0.3 is 24.8 Å². The third-order valence-electron chi connectivity index (χ3n) is 11.7. The van der Waals surface area contributed by atoms with Gasteiger partial charge in [0.05, 0.1) is 0 Å². The van der Waals surface area contributed by atoms with E-state index in [2.05, 4.69) is 191 Å². The van der Waals surface area contributed by atoms with Crippen LogP contribution in [-0.4, -0.2) is 3.21 Å².